The monoisotopic (exact) mass is 575 g/mol. The molecule has 41 heavy (non-hydrogen) atoms. The number of hydrogen-bond donors (Lipinski definition) is 1. The van der Waals surface area contributed by atoms with Gasteiger partial charge in [-0.1, -0.05) is 92.4 Å². The van der Waals surface area contributed by atoms with Gasteiger partial charge < -0.3 is 10.2 Å². The van der Waals surface area contributed by atoms with Crippen molar-refractivity contribution in [2.75, 3.05) is 17.4 Å². The van der Waals surface area contributed by atoms with Crippen molar-refractivity contribution in [2.24, 2.45) is 0 Å². The lowest BCUT2D eigenvalue weighted by Crippen LogP contribution is -2.54. The number of nitrogens with one attached hydrogen (secondary N) is 1. The summed E-state index contributed by atoms with van der Waals surface area (Å²) < 4.78 is 28.9. The van der Waals surface area contributed by atoms with Crippen molar-refractivity contribution in [3.05, 3.63) is 96.1 Å². The van der Waals surface area contributed by atoms with E-state index in [-0.39, 0.29) is 16.8 Å². The van der Waals surface area contributed by atoms with E-state index in [0.29, 0.717) is 25.1 Å². The number of rotatable bonds is 12. The second kappa shape index (κ2) is 14.3. The number of aryl methyl sites for hydroxylation is 1. The van der Waals surface area contributed by atoms with E-state index in [2.05, 4.69) is 5.32 Å². The number of benzene rings is 3. The number of sulfonamides is 1. The topological polar surface area (TPSA) is 86.8 Å². The Morgan fingerprint density at radius 1 is 0.878 bits per heavy atom. The highest BCUT2D eigenvalue weighted by Gasteiger charge is 2.34. The fourth-order valence-electron chi connectivity index (χ4n) is 5.40. The zero-order valence-electron chi connectivity index (χ0n) is 24.0. The van der Waals surface area contributed by atoms with Crippen LogP contribution in [0, 0.1) is 6.92 Å². The Morgan fingerprint density at radius 3 is 2.10 bits per heavy atom. The second-order valence-corrected chi connectivity index (χ2v) is 12.6. The molecule has 0 heterocycles. The van der Waals surface area contributed by atoms with Crippen LogP contribution in [-0.4, -0.2) is 50.3 Å². The van der Waals surface area contributed by atoms with Crippen LogP contribution in [0.2, 0.25) is 0 Å². The number of carbonyl (C=O) groups is 2. The minimum atomic E-state index is -4.06. The lowest BCUT2D eigenvalue weighted by molar-refractivity contribution is -0.140. The summed E-state index contributed by atoms with van der Waals surface area (Å²) in [6.07, 6.45) is 6.21. The van der Waals surface area contributed by atoms with Gasteiger partial charge in [-0.3, -0.25) is 13.9 Å². The minimum absolute atomic E-state index is 0.109. The fourth-order valence-corrected chi connectivity index (χ4v) is 6.81. The maximum absolute atomic E-state index is 14.1. The molecule has 3 aromatic rings. The van der Waals surface area contributed by atoms with Crippen LogP contribution in [0.3, 0.4) is 0 Å². The molecule has 4 rings (SSSR count). The molecule has 1 aliphatic rings. The fraction of sp³-hybridized carbons (Fsp3) is 0.394. The molecule has 1 unspecified atom stereocenters. The highest BCUT2D eigenvalue weighted by Crippen LogP contribution is 2.25. The van der Waals surface area contributed by atoms with Crippen LogP contribution in [0.1, 0.15) is 56.6 Å². The van der Waals surface area contributed by atoms with E-state index >= 15 is 0 Å². The van der Waals surface area contributed by atoms with Crippen LogP contribution in [0.4, 0.5) is 5.69 Å². The Morgan fingerprint density at radius 2 is 1.49 bits per heavy atom. The molecule has 1 aliphatic carbocycles. The van der Waals surface area contributed by atoms with Crippen molar-refractivity contribution < 1.29 is 18.0 Å². The van der Waals surface area contributed by atoms with Gasteiger partial charge in [-0.15, -0.1) is 0 Å². The standard InChI is InChI=1S/C33H41N3O4S/c1-3-31(33(38)34-28-15-9-5-10-16-28)35(24-23-27-13-7-4-8-14-27)32(37)25-36(29-17-11-6-12-18-29)41(39,40)30-21-19-26(2)20-22-30/h4,6-8,11-14,17-22,28,31H,3,5,9-10,15-16,23-25H2,1-2H3,(H,34,38). The molecule has 218 valence electrons. The Bertz CT molecular complexity index is 1370. The van der Waals surface area contributed by atoms with Gasteiger partial charge >= 0.3 is 0 Å². The van der Waals surface area contributed by atoms with Crippen molar-refractivity contribution in [3.8, 4) is 0 Å². The summed E-state index contributed by atoms with van der Waals surface area (Å²) in [5.41, 5.74) is 2.37. The van der Waals surface area contributed by atoms with Gasteiger partial charge in [0.15, 0.2) is 0 Å². The summed E-state index contributed by atoms with van der Waals surface area (Å²) in [6, 6.07) is 24.5. The van der Waals surface area contributed by atoms with Gasteiger partial charge in [-0.25, -0.2) is 8.42 Å². The maximum Gasteiger partial charge on any atom is 0.264 e. The van der Waals surface area contributed by atoms with E-state index in [9.17, 15) is 18.0 Å². The molecule has 0 spiro atoms. The Balaban J connectivity index is 1.64. The molecule has 2 amide bonds. The minimum Gasteiger partial charge on any atom is -0.352 e. The molecule has 1 fully saturated rings. The molecular weight excluding hydrogens is 534 g/mol. The lowest BCUT2D eigenvalue weighted by atomic mass is 9.95. The van der Waals surface area contributed by atoms with Crippen molar-refractivity contribution in [3.63, 3.8) is 0 Å². The SMILES string of the molecule is CCC(C(=O)NC1CCCCC1)N(CCc1ccccc1)C(=O)CN(c1ccccc1)S(=O)(=O)c1ccc(C)cc1. The van der Waals surface area contributed by atoms with E-state index in [1.54, 1.807) is 59.5 Å². The normalized spacial score (nSPS) is 14.7. The van der Waals surface area contributed by atoms with Gasteiger partial charge in [0.25, 0.3) is 10.0 Å². The van der Waals surface area contributed by atoms with Crippen LogP contribution in [-0.2, 0) is 26.0 Å². The van der Waals surface area contributed by atoms with E-state index in [4.69, 9.17) is 0 Å². The summed E-state index contributed by atoms with van der Waals surface area (Å²) in [5, 5.41) is 3.19. The maximum atomic E-state index is 14.1. The molecule has 0 bridgehead atoms. The van der Waals surface area contributed by atoms with Crippen molar-refractivity contribution in [1.29, 1.82) is 0 Å². The average Bonchev–Trinajstić information content (AvgIpc) is 2.99. The van der Waals surface area contributed by atoms with E-state index in [1.165, 1.54) is 6.42 Å². The first-order valence-electron chi connectivity index (χ1n) is 14.6. The Hall–Kier alpha value is -3.65. The molecule has 0 aliphatic heterocycles. The molecule has 8 heteroatoms. The highest BCUT2D eigenvalue weighted by molar-refractivity contribution is 7.92. The Labute approximate surface area is 244 Å². The van der Waals surface area contributed by atoms with Crippen molar-refractivity contribution in [2.45, 2.75) is 75.8 Å². The molecule has 1 atom stereocenters. The first kappa shape index (κ1) is 30.3. The summed E-state index contributed by atoms with van der Waals surface area (Å²) >= 11 is 0. The van der Waals surface area contributed by atoms with Crippen LogP contribution in [0.5, 0.6) is 0 Å². The van der Waals surface area contributed by atoms with E-state index in [1.807, 2.05) is 44.2 Å². The second-order valence-electron chi connectivity index (χ2n) is 10.8. The molecule has 1 N–H and O–H groups in total. The van der Waals surface area contributed by atoms with Gasteiger partial charge in [-0.2, -0.15) is 0 Å². The smallest absolute Gasteiger partial charge is 0.264 e. The van der Waals surface area contributed by atoms with Gasteiger partial charge in [0, 0.05) is 12.6 Å². The highest BCUT2D eigenvalue weighted by atomic mass is 32.2. The van der Waals surface area contributed by atoms with E-state index in [0.717, 1.165) is 41.1 Å². The zero-order chi connectivity index (χ0) is 29.2. The lowest BCUT2D eigenvalue weighted by Gasteiger charge is -2.34. The Kier molecular flexibility index (Phi) is 10.6. The van der Waals surface area contributed by atoms with Gasteiger partial charge in [0.05, 0.1) is 10.6 Å². The molecule has 0 radical (unpaired) electrons. The number of amides is 2. The predicted octanol–water partition coefficient (Wildman–Crippen LogP) is 5.49. The van der Waals surface area contributed by atoms with Crippen LogP contribution in [0.15, 0.2) is 89.8 Å². The molecular formula is C33H41N3O4S. The average molecular weight is 576 g/mol. The summed E-state index contributed by atoms with van der Waals surface area (Å²) in [6.45, 7) is 3.67. The van der Waals surface area contributed by atoms with Crippen LogP contribution < -0.4 is 9.62 Å². The quantitative estimate of drug-likeness (QED) is 0.310. The van der Waals surface area contributed by atoms with E-state index < -0.39 is 28.5 Å². The number of para-hydroxylation sites is 1. The van der Waals surface area contributed by atoms with Crippen molar-refractivity contribution >= 4 is 27.5 Å². The van der Waals surface area contributed by atoms with Crippen LogP contribution in [0.25, 0.3) is 0 Å². The first-order valence-corrected chi connectivity index (χ1v) is 16.0. The third-order valence-electron chi connectivity index (χ3n) is 7.75. The number of carbonyl (C=O) groups excluding carboxylic acids is 2. The van der Waals surface area contributed by atoms with Crippen LogP contribution >= 0.6 is 0 Å². The molecule has 3 aromatic carbocycles. The number of anilines is 1. The summed E-state index contributed by atoms with van der Waals surface area (Å²) in [4.78, 5) is 29.4. The summed E-state index contributed by atoms with van der Waals surface area (Å²) in [7, 11) is -4.06. The third-order valence-corrected chi connectivity index (χ3v) is 9.54. The molecule has 1 saturated carbocycles. The zero-order valence-corrected chi connectivity index (χ0v) is 24.9. The first-order chi connectivity index (χ1) is 19.8. The predicted molar refractivity (Wildman–Crippen MR) is 163 cm³/mol. The molecule has 7 nitrogen and oxygen atoms in total. The largest absolute Gasteiger partial charge is 0.352 e. The van der Waals surface area contributed by atoms with Gasteiger partial charge in [0.2, 0.25) is 11.8 Å². The summed E-state index contributed by atoms with van der Waals surface area (Å²) in [5.74, 6) is -0.584. The molecule has 0 saturated heterocycles. The molecule has 0 aromatic heterocycles. The van der Waals surface area contributed by atoms with Gasteiger partial charge in [-0.05, 0) is 62.4 Å². The number of nitrogens with zero attached hydrogens (tertiary/aromatic N) is 2. The third kappa shape index (κ3) is 7.97. The van der Waals surface area contributed by atoms with Crippen molar-refractivity contribution in [1.82, 2.24) is 10.2 Å². The van der Waals surface area contributed by atoms with Gasteiger partial charge in [0.1, 0.15) is 12.6 Å². The number of hydrogen-bond acceptors (Lipinski definition) is 4.